The minimum atomic E-state index is -3.78. The summed E-state index contributed by atoms with van der Waals surface area (Å²) in [6.07, 6.45) is 7.60. The highest BCUT2D eigenvalue weighted by Crippen LogP contribution is 2.09. The largest absolute Gasteiger partial charge is 0.380 e. The molecule has 0 aromatic rings. The summed E-state index contributed by atoms with van der Waals surface area (Å²) in [5.74, 6) is 0. The molecule has 1 aliphatic heterocycles. The number of sulfonamides is 1. The third kappa shape index (κ3) is 3.68. The van der Waals surface area contributed by atoms with E-state index in [-0.39, 0.29) is 17.0 Å². The third-order valence-corrected chi connectivity index (χ3v) is 3.36. The molecule has 0 spiro atoms. The summed E-state index contributed by atoms with van der Waals surface area (Å²) in [5.41, 5.74) is 0.790. The molecule has 98 valence electrons. The molecule has 0 fully saturated rings. The number of nitrogens with two attached hydrogens (primary N) is 1. The first-order valence-electron chi connectivity index (χ1n) is 5.34. The molecule has 1 rings (SSSR count). The molecule has 0 amide bonds. The Morgan fingerprint density at radius 3 is 2.56 bits per heavy atom. The van der Waals surface area contributed by atoms with Gasteiger partial charge in [-0.15, -0.1) is 13.2 Å². The Hall–Kier alpha value is -1.66. The maximum atomic E-state index is 11.3. The standard InChI is InChI=1S/C12H17N3O2S/c1-4-11-12(5-2)15-9(3)6-7-10(8-14-11)18(13,16)17/h4-8,11-12,15H,1-2H2,3H3,(H2,13,16,17)/t11?,12-/m1/s1. The summed E-state index contributed by atoms with van der Waals surface area (Å²) >= 11 is 0. The molecule has 1 aliphatic rings. The zero-order valence-corrected chi connectivity index (χ0v) is 11.0. The van der Waals surface area contributed by atoms with Gasteiger partial charge in [-0.3, -0.25) is 4.99 Å². The minimum Gasteiger partial charge on any atom is -0.380 e. The van der Waals surface area contributed by atoms with Crippen LogP contribution in [-0.2, 0) is 10.0 Å². The van der Waals surface area contributed by atoms with Gasteiger partial charge in [0.2, 0.25) is 10.0 Å². The van der Waals surface area contributed by atoms with Crippen LogP contribution in [0, 0.1) is 0 Å². The van der Waals surface area contributed by atoms with Gasteiger partial charge in [0.15, 0.2) is 0 Å². The van der Waals surface area contributed by atoms with E-state index >= 15 is 0 Å². The molecule has 0 radical (unpaired) electrons. The predicted molar refractivity (Wildman–Crippen MR) is 74.5 cm³/mol. The average Bonchev–Trinajstić information content (AvgIpc) is 2.36. The van der Waals surface area contributed by atoms with E-state index < -0.39 is 10.0 Å². The first-order valence-corrected chi connectivity index (χ1v) is 6.89. The van der Waals surface area contributed by atoms with E-state index in [2.05, 4.69) is 23.5 Å². The van der Waals surface area contributed by atoms with Gasteiger partial charge in [-0.2, -0.15) is 0 Å². The normalized spacial score (nSPS) is 24.8. The molecule has 3 N–H and O–H groups in total. The first-order chi connectivity index (χ1) is 8.38. The van der Waals surface area contributed by atoms with Crippen molar-refractivity contribution in [3.63, 3.8) is 0 Å². The molecule has 0 saturated carbocycles. The summed E-state index contributed by atoms with van der Waals surface area (Å²) in [6, 6.07) is -0.461. The monoisotopic (exact) mass is 267 g/mol. The molecule has 2 atom stereocenters. The Labute approximate surface area is 108 Å². The van der Waals surface area contributed by atoms with Crippen LogP contribution in [-0.4, -0.2) is 26.7 Å². The summed E-state index contributed by atoms with van der Waals surface area (Å²) in [4.78, 5) is 4.12. The molecule has 5 nitrogen and oxygen atoms in total. The molecule has 0 aromatic carbocycles. The maximum Gasteiger partial charge on any atom is 0.239 e. The Morgan fingerprint density at radius 2 is 2.06 bits per heavy atom. The van der Waals surface area contributed by atoms with Gasteiger partial charge in [-0.25, -0.2) is 13.6 Å². The van der Waals surface area contributed by atoms with Crippen LogP contribution < -0.4 is 10.5 Å². The summed E-state index contributed by atoms with van der Waals surface area (Å²) in [6.45, 7) is 9.21. The zero-order chi connectivity index (χ0) is 13.8. The lowest BCUT2D eigenvalue weighted by atomic mass is 10.1. The van der Waals surface area contributed by atoms with Crippen molar-refractivity contribution in [1.82, 2.24) is 5.32 Å². The van der Waals surface area contributed by atoms with E-state index in [0.29, 0.717) is 0 Å². The van der Waals surface area contributed by atoms with Gasteiger partial charge in [0, 0.05) is 11.9 Å². The molecular weight excluding hydrogens is 250 g/mol. The summed E-state index contributed by atoms with van der Waals surface area (Å²) < 4.78 is 22.7. The third-order valence-electron chi connectivity index (χ3n) is 2.46. The zero-order valence-electron chi connectivity index (χ0n) is 10.2. The van der Waals surface area contributed by atoms with Gasteiger partial charge in [-0.05, 0) is 19.1 Å². The van der Waals surface area contributed by atoms with Crippen molar-refractivity contribution in [2.75, 3.05) is 0 Å². The number of rotatable bonds is 3. The van der Waals surface area contributed by atoms with Crippen LogP contribution in [0.15, 0.2) is 53.1 Å². The molecule has 18 heavy (non-hydrogen) atoms. The van der Waals surface area contributed by atoms with Crippen molar-refractivity contribution in [2.45, 2.75) is 19.0 Å². The van der Waals surface area contributed by atoms with Crippen LogP contribution in [0.4, 0.5) is 0 Å². The lowest BCUT2D eigenvalue weighted by molar-refractivity contribution is 0.604. The van der Waals surface area contributed by atoms with Crippen LogP contribution >= 0.6 is 0 Å². The Kier molecular flexibility index (Phi) is 4.63. The van der Waals surface area contributed by atoms with Crippen molar-refractivity contribution in [1.29, 1.82) is 0 Å². The van der Waals surface area contributed by atoms with Gasteiger partial charge < -0.3 is 5.32 Å². The van der Waals surface area contributed by atoms with Crippen molar-refractivity contribution < 1.29 is 8.42 Å². The lowest BCUT2D eigenvalue weighted by Crippen LogP contribution is -2.34. The number of nitrogens with one attached hydrogen (secondary N) is 1. The Morgan fingerprint density at radius 1 is 1.39 bits per heavy atom. The van der Waals surface area contributed by atoms with Crippen molar-refractivity contribution in [3.8, 4) is 0 Å². The molecule has 0 bridgehead atoms. The van der Waals surface area contributed by atoms with E-state index in [4.69, 9.17) is 5.14 Å². The molecule has 0 aliphatic carbocycles. The highest BCUT2D eigenvalue weighted by Gasteiger charge is 2.16. The summed E-state index contributed by atoms with van der Waals surface area (Å²) in [5, 5.41) is 8.26. The van der Waals surface area contributed by atoms with Crippen LogP contribution in [0.25, 0.3) is 0 Å². The van der Waals surface area contributed by atoms with E-state index in [9.17, 15) is 8.42 Å². The van der Waals surface area contributed by atoms with Gasteiger partial charge in [0.1, 0.15) is 0 Å². The number of aliphatic imine (C=N–C) groups is 1. The van der Waals surface area contributed by atoms with Gasteiger partial charge in [-0.1, -0.05) is 12.2 Å². The fourth-order valence-electron chi connectivity index (χ4n) is 1.47. The predicted octanol–water partition coefficient (Wildman–Crippen LogP) is 0.846. The quantitative estimate of drug-likeness (QED) is 0.743. The van der Waals surface area contributed by atoms with Gasteiger partial charge in [0.05, 0.1) is 17.0 Å². The fraction of sp³-hybridized carbons (Fsp3) is 0.250. The fourth-order valence-corrected chi connectivity index (χ4v) is 1.94. The smallest absolute Gasteiger partial charge is 0.239 e. The summed E-state index contributed by atoms with van der Waals surface area (Å²) in [7, 11) is -3.78. The SMILES string of the molecule is C=CC1N=CC(S(N)(=O)=O)=CC=C(C)N[C@@H]1C=C. The second-order valence-electron chi connectivity index (χ2n) is 3.87. The number of nitrogens with zero attached hydrogens (tertiary/aromatic N) is 1. The van der Waals surface area contributed by atoms with Crippen LogP contribution in [0.5, 0.6) is 0 Å². The molecule has 0 aromatic heterocycles. The van der Waals surface area contributed by atoms with E-state index in [1.165, 1.54) is 12.3 Å². The van der Waals surface area contributed by atoms with Crippen molar-refractivity contribution >= 4 is 16.2 Å². The Bertz CT molecular complexity index is 530. The van der Waals surface area contributed by atoms with Crippen LogP contribution in [0.1, 0.15) is 6.92 Å². The lowest BCUT2D eigenvalue weighted by Gasteiger charge is -2.20. The Balaban J connectivity index is 3.26. The van der Waals surface area contributed by atoms with Crippen LogP contribution in [0.3, 0.4) is 0 Å². The molecule has 1 unspecified atom stereocenters. The number of primary sulfonamides is 1. The van der Waals surface area contributed by atoms with E-state index in [0.717, 1.165) is 5.70 Å². The highest BCUT2D eigenvalue weighted by molar-refractivity contribution is 7.93. The van der Waals surface area contributed by atoms with Crippen molar-refractivity contribution in [2.24, 2.45) is 10.1 Å². The topological polar surface area (TPSA) is 84.5 Å². The minimum absolute atomic E-state index is 0.0415. The molecule has 1 heterocycles. The van der Waals surface area contributed by atoms with Crippen molar-refractivity contribution in [3.05, 3.63) is 48.1 Å². The first kappa shape index (κ1) is 14.4. The number of allylic oxidation sites excluding steroid dienone is 4. The average molecular weight is 267 g/mol. The highest BCUT2D eigenvalue weighted by atomic mass is 32.2. The number of hydrogen-bond donors (Lipinski definition) is 2. The maximum absolute atomic E-state index is 11.3. The van der Waals surface area contributed by atoms with E-state index in [1.54, 1.807) is 18.2 Å². The second-order valence-corrected chi connectivity index (χ2v) is 5.44. The molecule has 6 heteroatoms. The van der Waals surface area contributed by atoms with Gasteiger partial charge in [0.25, 0.3) is 0 Å². The molecule has 0 saturated heterocycles. The van der Waals surface area contributed by atoms with E-state index in [1.807, 2.05) is 6.92 Å². The van der Waals surface area contributed by atoms with Crippen LogP contribution in [0.2, 0.25) is 0 Å². The molecular formula is C12H17N3O2S. The second kappa shape index (κ2) is 5.79. The van der Waals surface area contributed by atoms with Gasteiger partial charge >= 0.3 is 0 Å². The number of hydrogen-bond acceptors (Lipinski definition) is 4.